The van der Waals surface area contributed by atoms with Crippen molar-refractivity contribution < 1.29 is 23.2 Å². The van der Waals surface area contributed by atoms with E-state index >= 15 is 0 Å². The molecule has 1 aromatic heterocycles. The van der Waals surface area contributed by atoms with E-state index in [4.69, 9.17) is 25.6 Å². The zero-order valence-electron chi connectivity index (χ0n) is 16.2. The Hall–Kier alpha value is -2.97. The highest BCUT2D eigenvalue weighted by atomic mass is 35.5. The van der Waals surface area contributed by atoms with Gasteiger partial charge in [-0.2, -0.15) is 4.98 Å². The van der Waals surface area contributed by atoms with Gasteiger partial charge in [0, 0.05) is 18.2 Å². The number of carbonyl (C=O) groups excluding carboxylic acids is 1. The molecule has 0 radical (unpaired) electrons. The Morgan fingerprint density at radius 2 is 2.17 bits per heavy atom. The number of rotatable bonds is 5. The van der Waals surface area contributed by atoms with Crippen LogP contribution in [0.1, 0.15) is 17.6 Å². The third kappa shape index (κ3) is 4.44. The minimum absolute atomic E-state index is 0.0627. The normalized spacial score (nSPS) is 16.5. The van der Waals surface area contributed by atoms with Crippen LogP contribution < -0.4 is 4.74 Å². The first-order chi connectivity index (χ1) is 14.5. The molecule has 2 heterocycles. The minimum Gasteiger partial charge on any atom is -0.484 e. The Morgan fingerprint density at radius 3 is 2.97 bits per heavy atom. The molecule has 1 aliphatic heterocycles. The van der Waals surface area contributed by atoms with Crippen molar-refractivity contribution in [2.45, 2.75) is 13.0 Å². The van der Waals surface area contributed by atoms with E-state index in [1.54, 1.807) is 4.90 Å². The van der Waals surface area contributed by atoms with E-state index in [9.17, 15) is 9.18 Å². The van der Waals surface area contributed by atoms with Crippen molar-refractivity contribution in [1.29, 1.82) is 0 Å². The maximum atomic E-state index is 13.2. The Kier molecular flexibility index (Phi) is 5.96. The number of hydrogen-bond acceptors (Lipinski definition) is 6. The predicted molar refractivity (Wildman–Crippen MR) is 107 cm³/mol. The van der Waals surface area contributed by atoms with E-state index < -0.39 is 11.9 Å². The topological polar surface area (TPSA) is 77.7 Å². The monoisotopic (exact) mass is 431 g/mol. The summed E-state index contributed by atoms with van der Waals surface area (Å²) >= 11 is 5.73. The number of morpholine rings is 1. The molecule has 2 aromatic carbocycles. The molecular formula is C21H19ClFN3O4. The van der Waals surface area contributed by atoms with E-state index in [0.29, 0.717) is 30.6 Å². The summed E-state index contributed by atoms with van der Waals surface area (Å²) < 4.78 is 29.8. The van der Waals surface area contributed by atoms with Crippen molar-refractivity contribution in [2.75, 3.05) is 26.3 Å². The molecule has 3 aromatic rings. The molecule has 0 saturated carbocycles. The number of ether oxygens (including phenoxy) is 2. The van der Waals surface area contributed by atoms with Crippen LogP contribution in [0.3, 0.4) is 0 Å². The van der Waals surface area contributed by atoms with Gasteiger partial charge in [0.15, 0.2) is 12.7 Å². The summed E-state index contributed by atoms with van der Waals surface area (Å²) in [4.78, 5) is 18.6. The first kappa shape index (κ1) is 20.3. The number of aromatic nitrogens is 2. The van der Waals surface area contributed by atoms with Crippen LogP contribution in [0.2, 0.25) is 5.02 Å². The maximum Gasteiger partial charge on any atom is 0.260 e. The third-order valence-corrected chi connectivity index (χ3v) is 5.07. The molecular weight excluding hydrogens is 413 g/mol. The second-order valence-electron chi connectivity index (χ2n) is 6.83. The second kappa shape index (κ2) is 8.81. The average Bonchev–Trinajstić information content (AvgIpc) is 3.25. The van der Waals surface area contributed by atoms with Crippen LogP contribution in [0.5, 0.6) is 5.75 Å². The van der Waals surface area contributed by atoms with Crippen molar-refractivity contribution >= 4 is 17.5 Å². The van der Waals surface area contributed by atoms with Gasteiger partial charge in [-0.25, -0.2) is 4.39 Å². The van der Waals surface area contributed by atoms with Crippen molar-refractivity contribution in [1.82, 2.24) is 15.0 Å². The highest BCUT2D eigenvalue weighted by Gasteiger charge is 2.30. The number of amides is 1. The fourth-order valence-corrected chi connectivity index (χ4v) is 3.30. The summed E-state index contributed by atoms with van der Waals surface area (Å²) in [5.41, 5.74) is 1.91. The van der Waals surface area contributed by atoms with Crippen LogP contribution in [0.4, 0.5) is 4.39 Å². The van der Waals surface area contributed by atoms with Gasteiger partial charge in [0.1, 0.15) is 11.6 Å². The van der Waals surface area contributed by atoms with Gasteiger partial charge < -0.3 is 18.9 Å². The zero-order chi connectivity index (χ0) is 21.1. The largest absolute Gasteiger partial charge is 0.484 e. The van der Waals surface area contributed by atoms with Gasteiger partial charge in [-0.3, -0.25) is 4.79 Å². The summed E-state index contributed by atoms with van der Waals surface area (Å²) in [6.07, 6.45) is -0.520. The molecule has 30 heavy (non-hydrogen) atoms. The lowest BCUT2D eigenvalue weighted by atomic mass is 10.1. The Morgan fingerprint density at radius 1 is 1.33 bits per heavy atom. The molecule has 0 N–H and O–H groups in total. The third-order valence-electron chi connectivity index (χ3n) is 4.78. The average molecular weight is 432 g/mol. The number of benzene rings is 2. The van der Waals surface area contributed by atoms with Gasteiger partial charge in [0.05, 0.1) is 18.2 Å². The van der Waals surface area contributed by atoms with Crippen molar-refractivity contribution in [3.63, 3.8) is 0 Å². The Labute approximate surface area is 177 Å². The molecule has 1 aliphatic rings. The number of nitrogens with zero attached hydrogens (tertiary/aromatic N) is 3. The molecule has 9 heteroatoms. The molecule has 0 aliphatic carbocycles. The van der Waals surface area contributed by atoms with Gasteiger partial charge in [-0.15, -0.1) is 0 Å². The van der Waals surface area contributed by atoms with Crippen LogP contribution in [-0.2, 0) is 9.53 Å². The van der Waals surface area contributed by atoms with E-state index in [1.165, 1.54) is 18.2 Å². The summed E-state index contributed by atoms with van der Waals surface area (Å²) in [5.74, 6) is 0.335. The summed E-state index contributed by atoms with van der Waals surface area (Å²) in [6.45, 7) is 2.79. The highest BCUT2D eigenvalue weighted by molar-refractivity contribution is 6.30. The smallest absolute Gasteiger partial charge is 0.260 e. The predicted octanol–water partition coefficient (Wildman–Crippen LogP) is 3.82. The summed E-state index contributed by atoms with van der Waals surface area (Å²) in [6, 6.07) is 11.7. The van der Waals surface area contributed by atoms with Crippen molar-refractivity contribution in [2.24, 2.45) is 0 Å². The van der Waals surface area contributed by atoms with Crippen LogP contribution >= 0.6 is 11.6 Å². The minimum atomic E-state index is -0.545. The first-order valence-electron chi connectivity index (χ1n) is 9.38. The molecule has 7 nitrogen and oxygen atoms in total. The number of hydrogen-bond donors (Lipinski definition) is 0. The SMILES string of the molecule is Cc1ccccc1-c1noc([C@H]2CN(C(=O)COc3ccc(F)c(Cl)c3)CCO2)n1. The molecule has 1 saturated heterocycles. The highest BCUT2D eigenvalue weighted by Crippen LogP contribution is 2.26. The van der Waals surface area contributed by atoms with Crippen LogP contribution in [0.25, 0.3) is 11.4 Å². The Balaban J connectivity index is 1.39. The molecule has 156 valence electrons. The fourth-order valence-electron chi connectivity index (χ4n) is 3.13. The summed E-state index contributed by atoms with van der Waals surface area (Å²) in [5, 5.41) is 3.98. The van der Waals surface area contributed by atoms with E-state index in [0.717, 1.165) is 11.1 Å². The van der Waals surface area contributed by atoms with E-state index in [2.05, 4.69) is 10.1 Å². The number of carbonyl (C=O) groups is 1. The number of halogens is 2. The lowest BCUT2D eigenvalue weighted by molar-refractivity contribution is -0.142. The van der Waals surface area contributed by atoms with Gasteiger partial charge in [0.25, 0.3) is 11.8 Å². The van der Waals surface area contributed by atoms with Gasteiger partial charge in [0.2, 0.25) is 5.82 Å². The lowest BCUT2D eigenvalue weighted by Gasteiger charge is -2.31. The van der Waals surface area contributed by atoms with Crippen molar-refractivity contribution in [3.8, 4) is 17.1 Å². The number of aryl methyl sites for hydroxylation is 1. The maximum absolute atomic E-state index is 13.2. The fraction of sp³-hybridized carbons (Fsp3) is 0.286. The Bertz CT molecular complexity index is 1060. The molecule has 4 rings (SSSR count). The zero-order valence-corrected chi connectivity index (χ0v) is 16.9. The first-order valence-corrected chi connectivity index (χ1v) is 9.76. The van der Waals surface area contributed by atoms with Crippen LogP contribution in [0.15, 0.2) is 47.0 Å². The molecule has 0 bridgehead atoms. The van der Waals surface area contributed by atoms with Gasteiger partial charge in [-0.05, 0) is 24.6 Å². The molecule has 0 unspecified atom stereocenters. The van der Waals surface area contributed by atoms with E-state index in [-0.39, 0.29) is 24.1 Å². The lowest BCUT2D eigenvalue weighted by Crippen LogP contribution is -2.44. The van der Waals surface area contributed by atoms with Crippen molar-refractivity contribution in [3.05, 3.63) is 64.8 Å². The second-order valence-corrected chi connectivity index (χ2v) is 7.24. The quantitative estimate of drug-likeness (QED) is 0.611. The molecule has 1 atom stereocenters. The standard InChI is InChI=1S/C21H19ClFN3O4/c1-13-4-2-3-5-15(13)20-24-21(30-25-20)18-11-26(8-9-28-18)19(27)12-29-14-6-7-17(23)16(22)10-14/h2-7,10,18H,8-9,11-12H2,1H3/t18-/m1/s1. The molecule has 1 amide bonds. The van der Waals surface area contributed by atoms with Crippen LogP contribution in [-0.4, -0.2) is 47.3 Å². The van der Waals surface area contributed by atoms with Gasteiger partial charge in [-0.1, -0.05) is 41.0 Å². The summed E-state index contributed by atoms with van der Waals surface area (Å²) in [7, 11) is 0. The van der Waals surface area contributed by atoms with Crippen LogP contribution in [0, 0.1) is 12.7 Å². The molecule has 0 spiro atoms. The van der Waals surface area contributed by atoms with E-state index in [1.807, 2.05) is 31.2 Å². The molecule has 1 fully saturated rings. The van der Waals surface area contributed by atoms with Gasteiger partial charge >= 0.3 is 0 Å².